The molecule has 0 saturated heterocycles. The van der Waals surface area contributed by atoms with E-state index in [1.807, 2.05) is 24.3 Å². The monoisotopic (exact) mass is 484 g/mol. The van der Waals surface area contributed by atoms with E-state index in [1.54, 1.807) is 13.2 Å². The molecule has 0 aromatic heterocycles. The number of hydrogen-bond acceptors (Lipinski definition) is 1. The summed E-state index contributed by atoms with van der Waals surface area (Å²) < 4.78 is 19.6. The fraction of sp³-hybridized carbons (Fsp3) is 0.412. The molecule has 0 radical (unpaired) electrons. The van der Waals surface area contributed by atoms with Crippen molar-refractivity contribution in [3.8, 4) is 11.1 Å². The van der Waals surface area contributed by atoms with E-state index in [0.29, 0.717) is 12.2 Å². The molecular formula is C34H41FO. The van der Waals surface area contributed by atoms with Crippen LogP contribution in [-0.2, 0) is 30.6 Å². The van der Waals surface area contributed by atoms with E-state index >= 15 is 0 Å². The number of rotatable bonds is 12. The third-order valence-electron chi connectivity index (χ3n) is 7.89. The number of halogens is 1. The first-order valence-electron chi connectivity index (χ1n) is 13.7. The molecule has 1 fully saturated rings. The number of allylic oxidation sites excluding steroid dienone is 1. The number of ether oxygens (including phenoxy) is 1. The Morgan fingerprint density at radius 3 is 1.94 bits per heavy atom. The molecule has 190 valence electrons. The maximum atomic E-state index is 14.5. The largest absolute Gasteiger partial charge is 0.380 e. The Bertz CT molecular complexity index is 1080. The van der Waals surface area contributed by atoms with Gasteiger partial charge in [0.2, 0.25) is 0 Å². The zero-order chi connectivity index (χ0) is 25.2. The third-order valence-corrected chi connectivity index (χ3v) is 7.89. The summed E-state index contributed by atoms with van der Waals surface area (Å²) >= 11 is 0. The maximum absolute atomic E-state index is 14.5. The fourth-order valence-electron chi connectivity index (χ4n) is 5.54. The molecule has 0 N–H and O–H groups in total. The summed E-state index contributed by atoms with van der Waals surface area (Å²) in [6.07, 6.45) is 14.9. The Labute approximate surface area is 217 Å². The smallest absolute Gasteiger partial charge is 0.131 e. The van der Waals surface area contributed by atoms with Gasteiger partial charge in [0.15, 0.2) is 0 Å². The second kappa shape index (κ2) is 13.6. The first-order valence-corrected chi connectivity index (χ1v) is 13.7. The van der Waals surface area contributed by atoms with Gasteiger partial charge < -0.3 is 4.74 Å². The summed E-state index contributed by atoms with van der Waals surface area (Å²) in [5, 5.41) is 0. The second-order valence-electron chi connectivity index (χ2n) is 10.5. The maximum Gasteiger partial charge on any atom is 0.131 e. The molecule has 0 unspecified atom stereocenters. The van der Waals surface area contributed by atoms with Crippen LogP contribution in [0.4, 0.5) is 4.39 Å². The van der Waals surface area contributed by atoms with Gasteiger partial charge in [-0.2, -0.15) is 0 Å². The molecule has 0 heterocycles. The molecule has 3 aromatic rings. The van der Waals surface area contributed by atoms with Gasteiger partial charge >= 0.3 is 0 Å². The molecule has 0 bridgehead atoms. The quantitative estimate of drug-likeness (QED) is 0.184. The molecule has 0 amide bonds. The molecule has 2 heteroatoms. The highest BCUT2D eigenvalue weighted by atomic mass is 19.1. The van der Waals surface area contributed by atoms with Crippen molar-refractivity contribution in [2.75, 3.05) is 7.11 Å². The normalized spacial score (nSPS) is 17.7. The second-order valence-corrected chi connectivity index (χ2v) is 10.5. The predicted octanol–water partition coefficient (Wildman–Crippen LogP) is 9.13. The Morgan fingerprint density at radius 1 is 0.778 bits per heavy atom. The van der Waals surface area contributed by atoms with Crippen molar-refractivity contribution < 1.29 is 9.13 Å². The number of hydrogen-bond donors (Lipinski definition) is 0. The van der Waals surface area contributed by atoms with Gasteiger partial charge in [0, 0.05) is 12.7 Å². The first-order chi connectivity index (χ1) is 17.6. The van der Waals surface area contributed by atoms with E-state index in [1.165, 1.54) is 68.1 Å². The SMILES string of the molecule is C=CC1CCC(CCCCc2ccc(CCc3ccc(-c4ccc(COC)cc4F)cc3)cc2)CC1. The summed E-state index contributed by atoms with van der Waals surface area (Å²) in [5.41, 5.74) is 6.51. The summed E-state index contributed by atoms with van der Waals surface area (Å²) in [5.74, 6) is 1.51. The number of methoxy groups -OCH3 is 1. The molecule has 3 aromatic carbocycles. The molecular weight excluding hydrogens is 443 g/mol. The van der Waals surface area contributed by atoms with E-state index in [-0.39, 0.29) is 5.82 Å². The summed E-state index contributed by atoms with van der Waals surface area (Å²) in [7, 11) is 1.62. The number of unbranched alkanes of at least 4 members (excludes halogenated alkanes) is 1. The lowest BCUT2D eigenvalue weighted by atomic mass is 9.80. The predicted molar refractivity (Wildman–Crippen MR) is 150 cm³/mol. The average molecular weight is 485 g/mol. The Morgan fingerprint density at radius 2 is 1.36 bits per heavy atom. The van der Waals surface area contributed by atoms with Gasteiger partial charge in [0.1, 0.15) is 5.82 Å². The average Bonchev–Trinajstić information content (AvgIpc) is 2.92. The lowest BCUT2D eigenvalue weighted by molar-refractivity contribution is 0.184. The van der Waals surface area contributed by atoms with Crippen LogP contribution in [0.5, 0.6) is 0 Å². The van der Waals surface area contributed by atoms with Crippen LogP contribution in [-0.4, -0.2) is 7.11 Å². The molecule has 1 aliphatic carbocycles. The minimum Gasteiger partial charge on any atom is -0.380 e. The molecule has 1 nitrogen and oxygen atoms in total. The lowest BCUT2D eigenvalue weighted by Crippen LogP contribution is -2.12. The summed E-state index contributed by atoms with van der Waals surface area (Å²) in [6, 6.07) is 22.8. The van der Waals surface area contributed by atoms with Gasteiger partial charge in [-0.3, -0.25) is 0 Å². The topological polar surface area (TPSA) is 9.23 Å². The minimum atomic E-state index is -0.201. The van der Waals surface area contributed by atoms with E-state index in [9.17, 15) is 4.39 Å². The van der Waals surface area contributed by atoms with Crippen molar-refractivity contribution in [2.45, 2.75) is 70.8 Å². The van der Waals surface area contributed by atoms with Gasteiger partial charge in [-0.15, -0.1) is 6.58 Å². The van der Waals surface area contributed by atoms with Gasteiger partial charge in [-0.05, 0) is 97.1 Å². The highest BCUT2D eigenvalue weighted by molar-refractivity contribution is 5.64. The Balaban J connectivity index is 1.19. The molecule has 0 atom stereocenters. The van der Waals surface area contributed by atoms with Crippen molar-refractivity contribution in [1.29, 1.82) is 0 Å². The zero-order valence-electron chi connectivity index (χ0n) is 21.9. The minimum absolute atomic E-state index is 0.201. The van der Waals surface area contributed by atoms with Crippen LogP contribution < -0.4 is 0 Å². The lowest BCUT2D eigenvalue weighted by Gasteiger charge is -2.26. The molecule has 4 rings (SSSR count). The van der Waals surface area contributed by atoms with E-state index in [4.69, 9.17) is 4.74 Å². The molecule has 1 aliphatic rings. The highest BCUT2D eigenvalue weighted by Gasteiger charge is 2.18. The first kappa shape index (κ1) is 26.4. The van der Waals surface area contributed by atoms with Crippen LogP contribution in [0.15, 0.2) is 79.4 Å². The van der Waals surface area contributed by atoms with Gasteiger partial charge in [0.25, 0.3) is 0 Å². The van der Waals surface area contributed by atoms with Crippen LogP contribution in [0.25, 0.3) is 11.1 Å². The van der Waals surface area contributed by atoms with Gasteiger partial charge in [-0.1, -0.05) is 79.6 Å². The van der Waals surface area contributed by atoms with Crippen molar-refractivity contribution in [3.05, 3.63) is 107 Å². The van der Waals surface area contributed by atoms with Crippen molar-refractivity contribution >= 4 is 0 Å². The summed E-state index contributed by atoms with van der Waals surface area (Å²) in [4.78, 5) is 0. The van der Waals surface area contributed by atoms with E-state index < -0.39 is 0 Å². The van der Waals surface area contributed by atoms with Crippen LogP contribution >= 0.6 is 0 Å². The van der Waals surface area contributed by atoms with E-state index in [0.717, 1.165) is 35.8 Å². The number of benzene rings is 3. The molecule has 0 spiro atoms. The van der Waals surface area contributed by atoms with Crippen LogP contribution in [0, 0.1) is 17.7 Å². The molecule has 0 aliphatic heterocycles. The van der Waals surface area contributed by atoms with Gasteiger partial charge in [-0.25, -0.2) is 4.39 Å². The Kier molecular flexibility index (Phi) is 9.93. The summed E-state index contributed by atoms with van der Waals surface area (Å²) in [6.45, 7) is 4.38. The molecule has 36 heavy (non-hydrogen) atoms. The van der Waals surface area contributed by atoms with Gasteiger partial charge in [0.05, 0.1) is 6.61 Å². The van der Waals surface area contributed by atoms with Crippen LogP contribution in [0.2, 0.25) is 0 Å². The van der Waals surface area contributed by atoms with E-state index in [2.05, 4.69) is 49.1 Å². The standard InChI is InChI=1S/C34H41FO/c1-3-26-8-10-27(11-9-26)6-4-5-7-28-12-14-29(15-13-28)16-17-30-18-21-32(22-19-30)33-23-20-31(25-36-2)24-34(33)35/h3,12-15,18-24,26-27H,1,4-11,16-17,25H2,2H3. The number of aryl methyl sites for hydroxylation is 3. The van der Waals surface area contributed by atoms with Crippen LogP contribution in [0.3, 0.4) is 0 Å². The van der Waals surface area contributed by atoms with Crippen molar-refractivity contribution in [1.82, 2.24) is 0 Å². The van der Waals surface area contributed by atoms with Crippen molar-refractivity contribution in [3.63, 3.8) is 0 Å². The Hall–Kier alpha value is -2.71. The fourth-order valence-corrected chi connectivity index (χ4v) is 5.54. The zero-order valence-corrected chi connectivity index (χ0v) is 21.9. The third kappa shape index (κ3) is 7.64. The van der Waals surface area contributed by atoms with Crippen LogP contribution in [0.1, 0.15) is 67.2 Å². The highest BCUT2D eigenvalue weighted by Crippen LogP contribution is 2.32. The molecule has 1 saturated carbocycles. The van der Waals surface area contributed by atoms with Crippen molar-refractivity contribution in [2.24, 2.45) is 11.8 Å².